The van der Waals surface area contributed by atoms with Gasteiger partial charge in [-0.3, -0.25) is 10.1 Å². The van der Waals surface area contributed by atoms with Gasteiger partial charge < -0.3 is 4.74 Å². The summed E-state index contributed by atoms with van der Waals surface area (Å²) in [5.41, 5.74) is 0.512. The number of nitrogens with zero attached hydrogens (tertiary/aromatic N) is 1. The predicted molar refractivity (Wildman–Crippen MR) is 53.3 cm³/mol. The summed E-state index contributed by atoms with van der Waals surface area (Å²) in [6, 6.07) is 6.59. The topological polar surface area (TPSA) is 52.4 Å². The predicted octanol–water partition coefficient (Wildman–Crippen LogP) is 2.15. The van der Waals surface area contributed by atoms with Crippen molar-refractivity contribution in [2.75, 3.05) is 7.11 Å². The molecule has 1 aromatic rings. The molecule has 0 atom stereocenters. The lowest BCUT2D eigenvalue weighted by Crippen LogP contribution is -1.97. The van der Waals surface area contributed by atoms with E-state index in [4.69, 9.17) is 4.74 Å². The quantitative estimate of drug-likeness (QED) is 0.544. The first-order valence-corrected chi connectivity index (χ1v) is 3.97. The second-order valence-electron chi connectivity index (χ2n) is 2.57. The second kappa shape index (κ2) is 4.41. The van der Waals surface area contributed by atoms with Gasteiger partial charge in [-0.15, -0.1) is 0 Å². The average molecular weight is 192 g/mol. The number of ether oxygens (including phenoxy) is 1. The Morgan fingerprint density at radius 1 is 1.50 bits per heavy atom. The van der Waals surface area contributed by atoms with Crippen LogP contribution in [-0.2, 0) is 0 Å². The van der Waals surface area contributed by atoms with E-state index >= 15 is 0 Å². The molecule has 0 N–H and O–H groups in total. The van der Waals surface area contributed by atoms with Crippen LogP contribution in [-0.4, -0.2) is 12.0 Å². The van der Waals surface area contributed by atoms with E-state index in [1.807, 2.05) is 0 Å². The van der Waals surface area contributed by atoms with Gasteiger partial charge in [-0.1, -0.05) is 0 Å². The van der Waals surface area contributed by atoms with Crippen molar-refractivity contribution in [3.63, 3.8) is 0 Å². The Kier molecular flexibility index (Phi) is 3.23. The number of methoxy groups -OCH3 is 1. The molecule has 4 heteroatoms. The lowest BCUT2D eigenvalue weighted by molar-refractivity contribution is -0.375. The van der Waals surface area contributed by atoms with Crippen molar-refractivity contribution in [3.8, 4) is 5.75 Å². The SMILES string of the molecule is [CH2]C=C(c1ccc(OC)cc1)[N+](=O)[O-]. The molecular formula is C10H10NO3. The zero-order chi connectivity index (χ0) is 10.6. The molecule has 0 spiro atoms. The summed E-state index contributed by atoms with van der Waals surface area (Å²) in [5.74, 6) is 0.667. The van der Waals surface area contributed by atoms with Crippen LogP contribution < -0.4 is 4.74 Å². The van der Waals surface area contributed by atoms with E-state index in [9.17, 15) is 10.1 Å². The molecule has 0 saturated heterocycles. The third kappa shape index (κ3) is 2.10. The molecule has 0 saturated carbocycles. The summed E-state index contributed by atoms with van der Waals surface area (Å²) in [5, 5.41) is 10.6. The van der Waals surface area contributed by atoms with Gasteiger partial charge in [0.05, 0.1) is 17.6 Å². The molecule has 0 fully saturated rings. The molecule has 0 amide bonds. The number of hydrogen-bond acceptors (Lipinski definition) is 3. The van der Waals surface area contributed by atoms with Crippen LogP contribution in [0.5, 0.6) is 5.75 Å². The summed E-state index contributed by atoms with van der Waals surface area (Å²) in [6.07, 6.45) is 1.22. The van der Waals surface area contributed by atoms with Crippen molar-refractivity contribution in [1.82, 2.24) is 0 Å². The highest BCUT2D eigenvalue weighted by molar-refractivity contribution is 5.59. The van der Waals surface area contributed by atoms with Crippen molar-refractivity contribution < 1.29 is 9.66 Å². The fraction of sp³-hybridized carbons (Fsp3) is 0.100. The van der Waals surface area contributed by atoms with Crippen LogP contribution in [0.1, 0.15) is 5.56 Å². The number of hydrogen-bond donors (Lipinski definition) is 0. The molecular weight excluding hydrogens is 182 g/mol. The van der Waals surface area contributed by atoms with Crippen LogP contribution in [0.25, 0.3) is 5.70 Å². The summed E-state index contributed by atoms with van der Waals surface area (Å²) in [6.45, 7) is 3.39. The smallest absolute Gasteiger partial charge is 0.272 e. The minimum atomic E-state index is -0.463. The van der Waals surface area contributed by atoms with Crippen molar-refractivity contribution in [1.29, 1.82) is 0 Å². The molecule has 1 radical (unpaired) electrons. The zero-order valence-corrected chi connectivity index (χ0v) is 7.77. The maximum atomic E-state index is 10.6. The molecule has 1 aromatic carbocycles. The standard InChI is InChI=1S/C10H10NO3/c1-3-10(11(12)13)8-4-6-9(14-2)7-5-8/h3-7H,1H2,2H3. The Morgan fingerprint density at radius 3 is 2.43 bits per heavy atom. The van der Waals surface area contributed by atoms with Gasteiger partial charge in [0, 0.05) is 0 Å². The van der Waals surface area contributed by atoms with Crippen LogP contribution in [0, 0.1) is 17.0 Å². The molecule has 14 heavy (non-hydrogen) atoms. The van der Waals surface area contributed by atoms with E-state index < -0.39 is 4.92 Å². The monoisotopic (exact) mass is 192 g/mol. The fourth-order valence-electron chi connectivity index (χ4n) is 1.06. The minimum absolute atomic E-state index is 0.00680. The molecule has 0 aliphatic rings. The Labute approximate surface area is 82.0 Å². The van der Waals surface area contributed by atoms with Crippen molar-refractivity contribution >= 4 is 5.70 Å². The van der Waals surface area contributed by atoms with E-state index in [1.54, 1.807) is 31.4 Å². The van der Waals surface area contributed by atoms with Gasteiger partial charge in [0.2, 0.25) is 0 Å². The van der Waals surface area contributed by atoms with Gasteiger partial charge in [-0.2, -0.15) is 0 Å². The number of rotatable bonds is 3. The van der Waals surface area contributed by atoms with Crippen molar-refractivity contribution in [2.45, 2.75) is 0 Å². The Morgan fingerprint density at radius 2 is 2.07 bits per heavy atom. The molecule has 73 valence electrons. The van der Waals surface area contributed by atoms with Crippen LogP contribution in [0.2, 0.25) is 0 Å². The third-order valence-electron chi connectivity index (χ3n) is 1.78. The Balaban J connectivity index is 3.02. The fourth-order valence-corrected chi connectivity index (χ4v) is 1.06. The third-order valence-corrected chi connectivity index (χ3v) is 1.78. The first kappa shape index (κ1) is 10.2. The normalized spacial score (nSPS) is 11.1. The lowest BCUT2D eigenvalue weighted by Gasteiger charge is -2.00. The number of benzene rings is 1. The van der Waals surface area contributed by atoms with Crippen LogP contribution in [0.4, 0.5) is 0 Å². The van der Waals surface area contributed by atoms with E-state index in [0.29, 0.717) is 11.3 Å². The minimum Gasteiger partial charge on any atom is -0.497 e. The maximum Gasteiger partial charge on any atom is 0.272 e. The zero-order valence-electron chi connectivity index (χ0n) is 7.77. The van der Waals surface area contributed by atoms with Crippen LogP contribution >= 0.6 is 0 Å². The number of nitro groups is 1. The van der Waals surface area contributed by atoms with E-state index in [0.717, 1.165) is 0 Å². The first-order chi connectivity index (χ1) is 6.69. The highest BCUT2D eigenvalue weighted by atomic mass is 16.6. The molecule has 0 unspecified atom stereocenters. The molecule has 0 aliphatic heterocycles. The molecule has 0 heterocycles. The highest BCUT2D eigenvalue weighted by Gasteiger charge is 2.11. The van der Waals surface area contributed by atoms with Crippen LogP contribution in [0.3, 0.4) is 0 Å². The summed E-state index contributed by atoms with van der Waals surface area (Å²) < 4.78 is 4.94. The maximum absolute atomic E-state index is 10.6. The first-order valence-electron chi connectivity index (χ1n) is 3.97. The van der Waals surface area contributed by atoms with E-state index in [1.165, 1.54) is 6.08 Å². The molecule has 0 aromatic heterocycles. The van der Waals surface area contributed by atoms with Gasteiger partial charge >= 0.3 is 0 Å². The second-order valence-corrected chi connectivity index (χ2v) is 2.57. The van der Waals surface area contributed by atoms with Crippen LogP contribution in [0.15, 0.2) is 30.3 Å². The summed E-state index contributed by atoms with van der Waals surface area (Å²) in [7, 11) is 1.54. The Bertz CT molecular complexity index is 354. The van der Waals surface area contributed by atoms with E-state index in [2.05, 4.69) is 6.92 Å². The van der Waals surface area contributed by atoms with Gasteiger partial charge in [-0.25, -0.2) is 0 Å². The molecule has 1 rings (SSSR count). The average Bonchev–Trinajstić information content (AvgIpc) is 2.19. The van der Waals surface area contributed by atoms with Gasteiger partial charge in [0.15, 0.2) is 0 Å². The van der Waals surface area contributed by atoms with Crippen molar-refractivity contribution in [2.24, 2.45) is 0 Å². The molecule has 4 nitrogen and oxygen atoms in total. The van der Waals surface area contributed by atoms with Crippen molar-refractivity contribution in [3.05, 3.63) is 52.9 Å². The summed E-state index contributed by atoms with van der Waals surface area (Å²) in [4.78, 5) is 10.1. The molecule has 0 aliphatic carbocycles. The van der Waals surface area contributed by atoms with Gasteiger partial charge in [-0.05, 0) is 37.3 Å². The largest absolute Gasteiger partial charge is 0.497 e. The lowest BCUT2D eigenvalue weighted by atomic mass is 10.1. The van der Waals surface area contributed by atoms with E-state index in [-0.39, 0.29) is 5.70 Å². The van der Waals surface area contributed by atoms with Gasteiger partial charge in [0.1, 0.15) is 5.75 Å². The molecule has 0 bridgehead atoms. The number of allylic oxidation sites excluding steroid dienone is 1. The highest BCUT2D eigenvalue weighted by Crippen LogP contribution is 2.18. The summed E-state index contributed by atoms with van der Waals surface area (Å²) >= 11 is 0. The van der Waals surface area contributed by atoms with Gasteiger partial charge in [0.25, 0.3) is 5.70 Å². The Hall–Kier alpha value is -1.84.